The predicted molar refractivity (Wildman–Crippen MR) is 118 cm³/mol. The van der Waals surface area contributed by atoms with Gasteiger partial charge in [-0.2, -0.15) is 5.10 Å². The standard InChI is InChI=1S/C23H23N5O3/c1-2-19(29)26-17-9-5-3-8-15(17)12-28-22(24)20(23(25)30)21(27-28)16-11-14-7-4-6-10-18(14)31-13-16/h2-10,16H,1,11-13,24H2,(H2,25,30)(H,26,29). The van der Waals surface area contributed by atoms with E-state index in [4.69, 9.17) is 16.2 Å². The van der Waals surface area contributed by atoms with Gasteiger partial charge in [0, 0.05) is 11.6 Å². The lowest BCUT2D eigenvalue weighted by Crippen LogP contribution is -2.23. The first-order valence-electron chi connectivity index (χ1n) is 9.86. The summed E-state index contributed by atoms with van der Waals surface area (Å²) in [6.45, 7) is 4.10. The Morgan fingerprint density at radius 3 is 2.74 bits per heavy atom. The number of carbonyl (C=O) groups excluding carboxylic acids is 2. The van der Waals surface area contributed by atoms with E-state index in [1.54, 1.807) is 6.07 Å². The third-order valence-electron chi connectivity index (χ3n) is 5.31. The fraction of sp³-hybridized carbons (Fsp3) is 0.174. The average Bonchev–Trinajstić information content (AvgIpc) is 3.10. The summed E-state index contributed by atoms with van der Waals surface area (Å²) in [6, 6.07) is 15.1. The number of nitrogens with two attached hydrogens (primary N) is 2. The van der Waals surface area contributed by atoms with Gasteiger partial charge in [0.25, 0.3) is 5.91 Å². The summed E-state index contributed by atoms with van der Waals surface area (Å²) in [5.41, 5.74) is 15.1. The van der Waals surface area contributed by atoms with Gasteiger partial charge >= 0.3 is 0 Å². The number of ether oxygens (including phenoxy) is 1. The summed E-state index contributed by atoms with van der Waals surface area (Å²) in [7, 11) is 0. The quantitative estimate of drug-likeness (QED) is 0.531. The zero-order valence-electron chi connectivity index (χ0n) is 16.9. The minimum Gasteiger partial charge on any atom is -0.493 e. The maximum Gasteiger partial charge on any atom is 0.254 e. The second-order valence-corrected chi connectivity index (χ2v) is 7.34. The van der Waals surface area contributed by atoms with Gasteiger partial charge in [-0.3, -0.25) is 9.59 Å². The number of benzene rings is 2. The van der Waals surface area contributed by atoms with E-state index in [0.29, 0.717) is 24.4 Å². The summed E-state index contributed by atoms with van der Waals surface area (Å²) in [6.07, 6.45) is 1.86. The molecule has 31 heavy (non-hydrogen) atoms. The first kappa shape index (κ1) is 20.2. The van der Waals surface area contributed by atoms with Gasteiger partial charge in [-0.15, -0.1) is 0 Å². The Morgan fingerprint density at radius 2 is 1.97 bits per heavy atom. The zero-order valence-corrected chi connectivity index (χ0v) is 16.9. The zero-order chi connectivity index (χ0) is 22.0. The van der Waals surface area contributed by atoms with Crippen molar-refractivity contribution in [2.45, 2.75) is 18.9 Å². The van der Waals surface area contributed by atoms with Crippen molar-refractivity contribution in [3.05, 3.63) is 83.6 Å². The SMILES string of the molecule is C=CC(=O)Nc1ccccc1Cn1nc(C2COc3ccccc3C2)c(C(N)=O)c1N. The number of hydrogen-bond donors (Lipinski definition) is 3. The Kier molecular flexibility index (Phi) is 5.44. The first-order valence-corrected chi connectivity index (χ1v) is 9.86. The highest BCUT2D eigenvalue weighted by atomic mass is 16.5. The topological polar surface area (TPSA) is 125 Å². The lowest BCUT2D eigenvalue weighted by Gasteiger charge is -2.24. The molecule has 8 nitrogen and oxygen atoms in total. The largest absolute Gasteiger partial charge is 0.493 e. The van der Waals surface area contributed by atoms with Crippen molar-refractivity contribution < 1.29 is 14.3 Å². The molecule has 2 aromatic carbocycles. The molecule has 0 aliphatic carbocycles. The Labute approximate surface area is 179 Å². The summed E-state index contributed by atoms with van der Waals surface area (Å²) < 4.78 is 7.41. The molecular formula is C23H23N5O3. The van der Waals surface area contributed by atoms with Gasteiger partial charge in [-0.25, -0.2) is 4.68 Å². The molecule has 0 spiro atoms. The second kappa shape index (κ2) is 8.35. The molecule has 0 radical (unpaired) electrons. The van der Waals surface area contributed by atoms with Crippen molar-refractivity contribution in [2.75, 3.05) is 17.7 Å². The second-order valence-electron chi connectivity index (χ2n) is 7.34. The minimum absolute atomic E-state index is 0.156. The number of para-hydroxylation sites is 2. The fourth-order valence-corrected chi connectivity index (χ4v) is 3.78. The molecule has 0 saturated heterocycles. The maximum atomic E-state index is 12.2. The molecule has 158 valence electrons. The van der Waals surface area contributed by atoms with E-state index in [0.717, 1.165) is 16.9 Å². The number of aromatic nitrogens is 2. The van der Waals surface area contributed by atoms with Crippen LogP contribution < -0.4 is 21.5 Å². The number of amides is 2. The highest BCUT2D eigenvalue weighted by molar-refractivity contribution is 6.00. The van der Waals surface area contributed by atoms with Crippen LogP contribution in [0.3, 0.4) is 0 Å². The number of nitrogens with zero attached hydrogens (tertiary/aromatic N) is 2. The van der Waals surface area contributed by atoms with Crippen molar-refractivity contribution >= 4 is 23.3 Å². The minimum atomic E-state index is -0.633. The molecule has 0 saturated carbocycles. The molecule has 0 fully saturated rings. The van der Waals surface area contributed by atoms with Gasteiger partial charge in [0.05, 0.1) is 18.8 Å². The van der Waals surface area contributed by atoms with Crippen molar-refractivity contribution in [1.29, 1.82) is 0 Å². The lowest BCUT2D eigenvalue weighted by molar-refractivity contribution is -0.111. The average molecular weight is 417 g/mol. The van der Waals surface area contributed by atoms with Crippen LogP contribution in [0.25, 0.3) is 0 Å². The normalized spacial score (nSPS) is 14.9. The van der Waals surface area contributed by atoms with Crippen molar-refractivity contribution in [3.8, 4) is 5.75 Å². The van der Waals surface area contributed by atoms with E-state index < -0.39 is 5.91 Å². The van der Waals surface area contributed by atoms with Crippen LogP contribution >= 0.6 is 0 Å². The molecule has 0 bridgehead atoms. The van der Waals surface area contributed by atoms with Crippen LogP contribution in [-0.2, 0) is 17.8 Å². The van der Waals surface area contributed by atoms with Crippen LogP contribution in [0.15, 0.2) is 61.2 Å². The summed E-state index contributed by atoms with van der Waals surface area (Å²) in [4.78, 5) is 24.0. The number of nitrogen functional groups attached to an aromatic ring is 1. The van der Waals surface area contributed by atoms with Crippen molar-refractivity contribution in [1.82, 2.24) is 9.78 Å². The number of fused-ring (bicyclic) bond motifs is 1. The molecule has 1 aromatic heterocycles. The third-order valence-corrected chi connectivity index (χ3v) is 5.31. The molecular weight excluding hydrogens is 394 g/mol. The smallest absolute Gasteiger partial charge is 0.254 e. The van der Waals surface area contributed by atoms with Gasteiger partial charge in [-0.05, 0) is 35.8 Å². The highest BCUT2D eigenvalue weighted by Crippen LogP contribution is 2.34. The lowest BCUT2D eigenvalue weighted by atomic mass is 9.92. The molecule has 4 rings (SSSR count). The fourth-order valence-electron chi connectivity index (χ4n) is 3.78. The number of rotatable bonds is 6. The molecule has 3 aromatic rings. The highest BCUT2D eigenvalue weighted by Gasteiger charge is 2.30. The number of hydrogen-bond acceptors (Lipinski definition) is 5. The molecule has 1 unspecified atom stereocenters. The van der Waals surface area contributed by atoms with E-state index in [2.05, 4.69) is 17.0 Å². The van der Waals surface area contributed by atoms with E-state index in [1.165, 1.54) is 10.8 Å². The molecule has 2 amide bonds. The third kappa shape index (κ3) is 4.00. The van der Waals surface area contributed by atoms with Crippen LogP contribution in [-0.4, -0.2) is 28.2 Å². The van der Waals surface area contributed by atoms with E-state index >= 15 is 0 Å². The van der Waals surface area contributed by atoms with Gasteiger partial charge in [-0.1, -0.05) is 43.0 Å². The Morgan fingerprint density at radius 1 is 1.23 bits per heavy atom. The van der Waals surface area contributed by atoms with Gasteiger partial charge in [0.1, 0.15) is 17.1 Å². The summed E-state index contributed by atoms with van der Waals surface area (Å²) in [5, 5.41) is 7.41. The van der Waals surface area contributed by atoms with E-state index in [1.807, 2.05) is 42.5 Å². The van der Waals surface area contributed by atoms with Crippen LogP contribution in [0.4, 0.5) is 11.5 Å². The number of primary amides is 1. The van der Waals surface area contributed by atoms with Crippen LogP contribution in [0, 0.1) is 0 Å². The molecule has 8 heteroatoms. The van der Waals surface area contributed by atoms with Crippen LogP contribution in [0.2, 0.25) is 0 Å². The van der Waals surface area contributed by atoms with Crippen molar-refractivity contribution in [2.24, 2.45) is 5.73 Å². The van der Waals surface area contributed by atoms with Gasteiger partial charge in [0.15, 0.2) is 0 Å². The Bertz CT molecular complexity index is 1170. The Hall–Kier alpha value is -4.07. The number of anilines is 2. The van der Waals surface area contributed by atoms with Crippen LogP contribution in [0.5, 0.6) is 5.75 Å². The molecule has 5 N–H and O–H groups in total. The predicted octanol–water partition coefficient (Wildman–Crippen LogP) is 2.46. The molecule has 1 aliphatic heterocycles. The molecule has 2 heterocycles. The molecule has 1 aliphatic rings. The Balaban J connectivity index is 1.68. The van der Waals surface area contributed by atoms with E-state index in [-0.39, 0.29) is 29.8 Å². The maximum absolute atomic E-state index is 12.2. The summed E-state index contributed by atoms with van der Waals surface area (Å²) in [5.74, 6) is -0.0928. The number of carbonyl (C=O) groups is 2. The monoisotopic (exact) mass is 417 g/mol. The summed E-state index contributed by atoms with van der Waals surface area (Å²) >= 11 is 0. The van der Waals surface area contributed by atoms with Gasteiger partial charge in [0.2, 0.25) is 5.91 Å². The number of nitrogens with one attached hydrogen (secondary N) is 1. The van der Waals surface area contributed by atoms with Crippen LogP contribution in [0.1, 0.15) is 33.1 Å². The molecule has 1 atom stereocenters. The van der Waals surface area contributed by atoms with E-state index in [9.17, 15) is 9.59 Å². The van der Waals surface area contributed by atoms with Crippen molar-refractivity contribution in [3.63, 3.8) is 0 Å². The first-order chi connectivity index (χ1) is 15.0. The van der Waals surface area contributed by atoms with Gasteiger partial charge < -0.3 is 21.5 Å².